The molecule has 0 aliphatic carbocycles. The van der Waals surface area contributed by atoms with E-state index in [9.17, 15) is 4.79 Å². The van der Waals surface area contributed by atoms with Crippen LogP contribution in [0.4, 0.5) is 0 Å². The first-order valence-electron chi connectivity index (χ1n) is 7.30. The summed E-state index contributed by atoms with van der Waals surface area (Å²) in [5, 5.41) is 17.6. The first-order valence-corrected chi connectivity index (χ1v) is 7.30. The molecule has 0 aliphatic heterocycles. The Morgan fingerprint density at radius 2 is 1.84 bits per heavy atom. The predicted octanol–water partition coefficient (Wildman–Crippen LogP) is 2.58. The number of hydrogen-bond acceptors (Lipinski definition) is 4. The van der Waals surface area contributed by atoms with Gasteiger partial charge in [-0.25, -0.2) is 0 Å². The predicted molar refractivity (Wildman–Crippen MR) is 75.8 cm³/mol. The third-order valence-corrected chi connectivity index (χ3v) is 2.79. The Labute approximate surface area is 116 Å². The van der Waals surface area contributed by atoms with Crippen molar-refractivity contribution in [1.82, 2.24) is 0 Å². The Hall–Kier alpha value is -0.870. The van der Waals surface area contributed by atoms with Crippen LogP contribution in [0.2, 0.25) is 0 Å². The van der Waals surface area contributed by atoms with E-state index in [1.165, 1.54) is 12.8 Å². The van der Waals surface area contributed by atoms with Crippen molar-refractivity contribution in [3.8, 4) is 0 Å². The monoisotopic (exact) mass is 272 g/mol. The minimum Gasteiger partial charge on any atom is -0.463 e. The second-order valence-corrected chi connectivity index (χ2v) is 4.73. The van der Waals surface area contributed by atoms with Gasteiger partial charge in [0.1, 0.15) is 12.7 Å². The van der Waals surface area contributed by atoms with Gasteiger partial charge in [-0.1, -0.05) is 38.3 Å². The summed E-state index contributed by atoms with van der Waals surface area (Å²) < 4.78 is 4.80. The number of carbonyl (C=O) groups is 1. The molecule has 112 valence electrons. The number of carbonyl (C=O) groups excluding carboxylic acids is 1. The summed E-state index contributed by atoms with van der Waals surface area (Å²) in [4.78, 5) is 11.2. The minimum absolute atomic E-state index is 0.116. The second-order valence-electron chi connectivity index (χ2n) is 4.73. The van der Waals surface area contributed by atoms with Crippen molar-refractivity contribution in [1.29, 1.82) is 0 Å². The molecule has 0 fully saturated rings. The van der Waals surface area contributed by atoms with E-state index < -0.39 is 6.10 Å². The van der Waals surface area contributed by atoms with E-state index in [1.807, 2.05) is 0 Å². The van der Waals surface area contributed by atoms with Crippen LogP contribution in [0, 0.1) is 0 Å². The highest BCUT2D eigenvalue weighted by Gasteiger charge is 2.06. The Bertz CT molecular complexity index is 238. The molecule has 0 rings (SSSR count). The van der Waals surface area contributed by atoms with Crippen LogP contribution in [-0.2, 0) is 9.53 Å². The van der Waals surface area contributed by atoms with Crippen LogP contribution in [-0.4, -0.2) is 35.5 Å². The van der Waals surface area contributed by atoms with Crippen molar-refractivity contribution >= 4 is 5.97 Å². The van der Waals surface area contributed by atoms with Gasteiger partial charge >= 0.3 is 5.97 Å². The summed E-state index contributed by atoms with van der Waals surface area (Å²) in [7, 11) is 0. The van der Waals surface area contributed by atoms with Gasteiger partial charge in [0.05, 0.1) is 6.61 Å². The molecule has 19 heavy (non-hydrogen) atoms. The Morgan fingerprint density at radius 1 is 1.16 bits per heavy atom. The average Bonchev–Trinajstić information content (AvgIpc) is 2.42. The maximum atomic E-state index is 11.2. The quantitative estimate of drug-likeness (QED) is 0.325. The minimum atomic E-state index is -0.961. The largest absolute Gasteiger partial charge is 0.463 e. The highest BCUT2D eigenvalue weighted by atomic mass is 16.5. The van der Waals surface area contributed by atoms with E-state index >= 15 is 0 Å². The molecule has 0 saturated carbocycles. The fraction of sp³-hybridized carbons (Fsp3) is 0.800. The molecule has 0 aromatic rings. The molecule has 0 heterocycles. The molecular weight excluding hydrogens is 244 g/mol. The van der Waals surface area contributed by atoms with Gasteiger partial charge in [0.25, 0.3) is 0 Å². The lowest BCUT2D eigenvalue weighted by atomic mass is 10.1. The Morgan fingerprint density at radius 3 is 2.47 bits per heavy atom. The summed E-state index contributed by atoms with van der Waals surface area (Å²) in [5.74, 6) is -0.300. The van der Waals surface area contributed by atoms with E-state index in [0.29, 0.717) is 6.42 Å². The van der Waals surface area contributed by atoms with E-state index in [1.54, 1.807) is 0 Å². The van der Waals surface area contributed by atoms with Gasteiger partial charge in [-0.15, -0.1) is 0 Å². The SMILES string of the molecule is CCCC/C=C\CCCCCC(=O)OC[C@@H](O)CO. The number of rotatable bonds is 12. The summed E-state index contributed by atoms with van der Waals surface area (Å²) >= 11 is 0. The molecule has 0 bridgehead atoms. The lowest BCUT2D eigenvalue weighted by molar-refractivity contribution is -0.147. The van der Waals surface area contributed by atoms with Crippen LogP contribution < -0.4 is 0 Å². The molecule has 0 aromatic carbocycles. The van der Waals surface area contributed by atoms with Gasteiger partial charge in [0.15, 0.2) is 0 Å². The number of unbranched alkanes of at least 4 members (excludes halogenated alkanes) is 5. The Balaban J connectivity index is 3.29. The van der Waals surface area contributed by atoms with Gasteiger partial charge in [0.2, 0.25) is 0 Å². The summed E-state index contributed by atoms with van der Waals surface area (Å²) in [6.07, 6.45) is 11.5. The third-order valence-electron chi connectivity index (χ3n) is 2.79. The van der Waals surface area contributed by atoms with Gasteiger partial charge in [-0.05, 0) is 25.7 Å². The van der Waals surface area contributed by atoms with Gasteiger partial charge < -0.3 is 14.9 Å². The van der Waals surface area contributed by atoms with E-state index in [2.05, 4.69) is 19.1 Å². The fourth-order valence-electron chi connectivity index (χ4n) is 1.58. The lowest BCUT2D eigenvalue weighted by Crippen LogP contribution is -2.21. The number of ether oxygens (including phenoxy) is 1. The lowest BCUT2D eigenvalue weighted by Gasteiger charge is -2.08. The van der Waals surface area contributed by atoms with Crippen LogP contribution in [0.5, 0.6) is 0 Å². The highest BCUT2D eigenvalue weighted by molar-refractivity contribution is 5.69. The molecule has 0 aromatic heterocycles. The van der Waals surface area contributed by atoms with Crippen LogP contribution >= 0.6 is 0 Å². The van der Waals surface area contributed by atoms with Crippen LogP contribution in [0.25, 0.3) is 0 Å². The van der Waals surface area contributed by atoms with Crippen LogP contribution in [0.3, 0.4) is 0 Å². The van der Waals surface area contributed by atoms with E-state index in [-0.39, 0.29) is 19.2 Å². The first kappa shape index (κ1) is 18.1. The van der Waals surface area contributed by atoms with Crippen molar-refractivity contribution in [3.63, 3.8) is 0 Å². The second kappa shape index (κ2) is 13.6. The number of allylic oxidation sites excluding steroid dienone is 2. The van der Waals surface area contributed by atoms with Crippen LogP contribution in [0.15, 0.2) is 12.2 Å². The average molecular weight is 272 g/mol. The molecule has 2 N–H and O–H groups in total. The topological polar surface area (TPSA) is 66.8 Å². The van der Waals surface area contributed by atoms with E-state index in [4.69, 9.17) is 14.9 Å². The molecule has 1 atom stereocenters. The molecule has 0 aliphatic rings. The summed E-state index contributed by atoms with van der Waals surface area (Å²) in [6.45, 7) is 1.69. The molecule has 0 unspecified atom stereocenters. The molecule has 0 radical (unpaired) electrons. The smallest absolute Gasteiger partial charge is 0.305 e. The van der Waals surface area contributed by atoms with Gasteiger partial charge in [0, 0.05) is 6.42 Å². The normalized spacial score (nSPS) is 12.8. The Kier molecular flexibility index (Phi) is 12.9. The van der Waals surface area contributed by atoms with Gasteiger partial charge in [-0.2, -0.15) is 0 Å². The van der Waals surface area contributed by atoms with E-state index in [0.717, 1.165) is 32.1 Å². The van der Waals surface area contributed by atoms with Crippen molar-refractivity contribution in [2.75, 3.05) is 13.2 Å². The molecule has 4 nitrogen and oxygen atoms in total. The standard InChI is InChI=1S/C15H28O4/c1-2-3-4-5-6-7-8-9-10-11-15(18)19-13-14(17)12-16/h5-6,14,16-17H,2-4,7-13H2,1H3/b6-5-/t14-/m0/s1. The van der Waals surface area contributed by atoms with Crippen LogP contribution in [0.1, 0.15) is 58.3 Å². The summed E-state index contributed by atoms with van der Waals surface area (Å²) in [5.41, 5.74) is 0. The molecule has 0 spiro atoms. The van der Waals surface area contributed by atoms with Crippen molar-refractivity contribution < 1.29 is 19.7 Å². The zero-order chi connectivity index (χ0) is 14.3. The zero-order valence-electron chi connectivity index (χ0n) is 12.0. The first-order chi connectivity index (χ1) is 9.20. The molecule has 0 saturated heterocycles. The summed E-state index contributed by atoms with van der Waals surface area (Å²) in [6, 6.07) is 0. The molecule has 4 heteroatoms. The van der Waals surface area contributed by atoms with Gasteiger partial charge in [-0.3, -0.25) is 4.79 Å². The maximum Gasteiger partial charge on any atom is 0.305 e. The number of aliphatic hydroxyl groups excluding tert-OH is 2. The zero-order valence-corrected chi connectivity index (χ0v) is 12.0. The maximum absolute atomic E-state index is 11.2. The number of aliphatic hydroxyl groups is 2. The highest BCUT2D eigenvalue weighted by Crippen LogP contribution is 2.06. The van der Waals surface area contributed by atoms with Crippen molar-refractivity contribution in [3.05, 3.63) is 12.2 Å². The van der Waals surface area contributed by atoms with Crippen molar-refractivity contribution in [2.24, 2.45) is 0 Å². The molecular formula is C15H28O4. The number of esters is 1. The number of hydrogen-bond donors (Lipinski definition) is 2. The third kappa shape index (κ3) is 13.4. The fourth-order valence-corrected chi connectivity index (χ4v) is 1.58. The van der Waals surface area contributed by atoms with Crippen molar-refractivity contribution in [2.45, 2.75) is 64.4 Å². The molecule has 0 amide bonds.